The molecule has 1 aliphatic rings. The van der Waals surface area contributed by atoms with Crippen LogP contribution < -0.4 is 10.2 Å². The van der Waals surface area contributed by atoms with Crippen molar-refractivity contribution in [1.82, 2.24) is 20.1 Å². The molecule has 7 nitrogen and oxygen atoms in total. The molecule has 0 bridgehead atoms. The Balaban J connectivity index is 1.63. The molecule has 1 aliphatic heterocycles. The van der Waals surface area contributed by atoms with E-state index in [0.717, 1.165) is 18.8 Å². The van der Waals surface area contributed by atoms with Crippen molar-refractivity contribution in [2.45, 2.75) is 25.4 Å². The molecule has 0 aromatic carbocycles. The van der Waals surface area contributed by atoms with Crippen LogP contribution in [-0.4, -0.2) is 51.0 Å². The van der Waals surface area contributed by atoms with Gasteiger partial charge in [0, 0.05) is 39.1 Å². The number of nitrogens with zero attached hydrogens (tertiary/aromatic N) is 4. The second-order valence-electron chi connectivity index (χ2n) is 6.42. The molecule has 3 rings (SSSR count). The third-order valence-corrected chi connectivity index (χ3v) is 4.36. The summed E-state index contributed by atoms with van der Waals surface area (Å²) in [5, 5.41) is 17.9. The molecule has 0 radical (unpaired) electrons. The summed E-state index contributed by atoms with van der Waals surface area (Å²) in [6.07, 6.45) is 4.95. The molecule has 24 heavy (non-hydrogen) atoms. The van der Waals surface area contributed by atoms with Gasteiger partial charge in [-0.05, 0) is 31.9 Å². The van der Waals surface area contributed by atoms with Gasteiger partial charge in [0.15, 0.2) is 0 Å². The largest absolute Gasteiger partial charge is 0.386 e. The number of hydrogen-bond acceptors (Lipinski definition) is 5. The van der Waals surface area contributed by atoms with Gasteiger partial charge in [0.25, 0.3) is 5.91 Å². The van der Waals surface area contributed by atoms with Gasteiger partial charge in [-0.3, -0.25) is 9.48 Å². The van der Waals surface area contributed by atoms with Crippen LogP contribution >= 0.6 is 0 Å². The molecule has 1 fully saturated rings. The maximum atomic E-state index is 12.3. The van der Waals surface area contributed by atoms with E-state index in [-0.39, 0.29) is 12.5 Å². The number of piperidine rings is 1. The summed E-state index contributed by atoms with van der Waals surface area (Å²) >= 11 is 0. The first kappa shape index (κ1) is 16.4. The quantitative estimate of drug-likeness (QED) is 0.870. The van der Waals surface area contributed by atoms with Gasteiger partial charge in [0.05, 0.1) is 16.9 Å². The highest BCUT2D eigenvalue weighted by atomic mass is 16.3. The lowest BCUT2D eigenvalue weighted by molar-refractivity contribution is 0.0254. The molecular formula is C17H23N5O2. The number of aryl methyl sites for hydroxylation is 2. The molecule has 0 saturated carbocycles. The number of carbonyl (C=O) groups is 1. The van der Waals surface area contributed by atoms with E-state index < -0.39 is 5.60 Å². The van der Waals surface area contributed by atoms with Gasteiger partial charge < -0.3 is 15.3 Å². The van der Waals surface area contributed by atoms with Gasteiger partial charge >= 0.3 is 0 Å². The van der Waals surface area contributed by atoms with E-state index >= 15 is 0 Å². The predicted octanol–water partition coefficient (Wildman–Crippen LogP) is 0.885. The van der Waals surface area contributed by atoms with Crippen LogP contribution in [0.5, 0.6) is 0 Å². The molecule has 0 spiro atoms. The summed E-state index contributed by atoms with van der Waals surface area (Å²) in [6, 6.07) is 5.74. The van der Waals surface area contributed by atoms with Crippen molar-refractivity contribution in [2.75, 3.05) is 24.5 Å². The topological polar surface area (TPSA) is 83.3 Å². The highest BCUT2D eigenvalue weighted by molar-refractivity contribution is 5.95. The van der Waals surface area contributed by atoms with E-state index in [9.17, 15) is 9.90 Å². The Morgan fingerprint density at radius 1 is 1.46 bits per heavy atom. The molecule has 2 aromatic heterocycles. The van der Waals surface area contributed by atoms with Crippen molar-refractivity contribution < 1.29 is 9.90 Å². The summed E-state index contributed by atoms with van der Waals surface area (Å²) in [5.74, 6) is 0.647. The summed E-state index contributed by atoms with van der Waals surface area (Å²) in [5.41, 5.74) is 0.265. The minimum atomic E-state index is -0.957. The maximum absolute atomic E-state index is 12.3. The molecule has 3 heterocycles. The first-order valence-corrected chi connectivity index (χ1v) is 8.14. The van der Waals surface area contributed by atoms with Crippen LogP contribution in [0.15, 0.2) is 30.6 Å². The second-order valence-corrected chi connectivity index (χ2v) is 6.42. The fourth-order valence-electron chi connectivity index (χ4n) is 3.16. The Morgan fingerprint density at radius 2 is 2.29 bits per heavy atom. The molecule has 128 valence electrons. The number of aliphatic hydroxyl groups is 1. The number of rotatable bonds is 4. The number of aromatic nitrogens is 3. The zero-order chi connectivity index (χ0) is 17.2. The van der Waals surface area contributed by atoms with Crippen LogP contribution in [0.2, 0.25) is 0 Å². The van der Waals surface area contributed by atoms with Crippen LogP contribution in [-0.2, 0) is 7.05 Å². The second kappa shape index (κ2) is 6.60. The van der Waals surface area contributed by atoms with Crippen molar-refractivity contribution in [3.63, 3.8) is 0 Å². The van der Waals surface area contributed by atoms with Gasteiger partial charge in [0.1, 0.15) is 5.82 Å². The van der Waals surface area contributed by atoms with Gasteiger partial charge in [-0.25, -0.2) is 4.98 Å². The first-order chi connectivity index (χ1) is 11.5. The highest BCUT2D eigenvalue weighted by Gasteiger charge is 2.34. The Hall–Kier alpha value is -2.41. The van der Waals surface area contributed by atoms with Crippen LogP contribution in [0.4, 0.5) is 5.82 Å². The molecular weight excluding hydrogens is 306 g/mol. The van der Waals surface area contributed by atoms with E-state index in [1.807, 2.05) is 18.2 Å². The smallest absolute Gasteiger partial charge is 0.254 e. The average Bonchev–Trinajstić information content (AvgIpc) is 2.92. The van der Waals surface area contributed by atoms with Crippen molar-refractivity contribution >= 4 is 11.7 Å². The van der Waals surface area contributed by atoms with Crippen molar-refractivity contribution in [2.24, 2.45) is 7.05 Å². The number of anilines is 1. The average molecular weight is 329 g/mol. The zero-order valence-electron chi connectivity index (χ0n) is 14.1. The molecule has 2 aromatic rings. The van der Waals surface area contributed by atoms with Crippen molar-refractivity contribution in [3.8, 4) is 0 Å². The standard InChI is InChI=1S/C17H23N5O2/c1-13-14(10-21(2)20-13)16(23)19-11-17(24)7-5-9-22(12-17)15-6-3-4-8-18-15/h3-4,6,8,10,24H,5,7,9,11-12H2,1-2H3,(H,19,23)/t17-/m0/s1. The van der Waals surface area contributed by atoms with E-state index in [1.165, 1.54) is 0 Å². The van der Waals surface area contributed by atoms with Crippen molar-refractivity contribution in [1.29, 1.82) is 0 Å². The third kappa shape index (κ3) is 3.56. The fourth-order valence-corrected chi connectivity index (χ4v) is 3.16. The number of hydrogen-bond donors (Lipinski definition) is 2. The molecule has 0 unspecified atom stereocenters. The minimum Gasteiger partial charge on any atom is -0.386 e. The summed E-state index contributed by atoms with van der Waals surface area (Å²) in [6.45, 7) is 3.32. The number of pyridine rings is 1. The monoisotopic (exact) mass is 329 g/mol. The number of nitrogens with one attached hydrogen (secondary N) is 1. The number of β-amino-alcohol motifs (C(OH)–C–C–N with tert-alkyl or cyclic N) is 1. The normalized spacial score (nSPS) is 20.9. The van der Waals surface area contributed by atoms with Crippen LogP contribution in [0.3, 0.4) is 0 Å². The molecule has 0 aliphatic carbocycles. The minimum absolute atomic E-state index is 0.205. The van der Waals surface area contributed by atoms with Gasteiger partial charge in [0.2, 0.25) is 0 Å². The van der Waals surface area contributed by atoms with Gasteiger partial charge in [-0.2, -0.15) is 5.10 Å². The molecule has 1 saturated heterocycles. The highest BCUT2D eigenvalue weighted by Crippen LogP contribution is 2.24. The van der Waals surface area contributed by atoms with Crippen LogP contribution in [0, 0.1) is 6.92 Å². The van der Waals surface area contributed by atoms with Crippen LogP contribution in [0.1, 0.15) is 28.9 Å². The SMILES string of the molecule is Cc1nn(C)cc1C(=O)NC[C@@]1(O)CCCN(c2ccccn2)C1. The van der Waals surface area contributed by atoms with E-state index in [0.29, 0.717) is 24.2 Å². The lowest BCUT2D eigenvalue weighted by Crippen LogP contribution is -2.54. The van der Waals surface area contributed by atoms with E-state index in [1.54, 1.807) is 31.0 Å². The number of amides is 1. The summed E-state index contributed by atoms with van der Waals surface area (Å²) < 4.78 is 1.61. The Labute approximate surface area is 141 Å². The first-order valence-electron chi connectivity index (χ1n) is 8.14. The lowest BCUT2D eigenvalue weighted by atomic mass is 9.92. The van der Waals surface area contributed by atoms with Crippen molar-refractivity contribution in [3.05, 3.63) is 41.9 Å². The Kier molecular flexibility index (Phi) is 4.53. The summed E-state index contributed by atoms with van der Waals surface area (Å²) in [7, 11) is 1.78. The van der Waals surface area contributed by atoms with E-state index in [2.05, 4.69) is 20.3 Å². The maximum Gasteiger partial charge on any atom is 0.254 e. The zero-order valence-corrected chi connectivity index (χ0v) is 14.1. The van der Waals surface area contributed by atoms with E-state index in [4.69, 9.17) is 0 Å². The fraction of sp³-hybridized carbons (Fsp3) is 0.471. The molecule has 1 atom stereocenters. The number of carbonyl (C=O) groups excluding carboxylic acids is 1. The lowest BCUT2D eigenvalue weighted by Gasteiger charge is -2.39. The predicted molar refractivity (Wildman–Crippen MR) is 90.9 cm³/mol. The molecule has 1 amide bonds. The molecule has 2 N–H and O–H groups in total. The van der Waals surface area contributed by atoms with Gasteiger partial charge in [-0.15, -0.1) is 0 Å². The van der Waals surface area contributed by atoms with Gasteiger partial charge in [-0.1, -0.05) is 6.07 Å². The Bertz CT molecular complexity index is 715. The Morgan fingerprint density at radius 3 is 2.96 bits per heavy atom. The molecule has 7 heteroatoms. The van der Waals surface area contributed by atoms with Crippen LogP contribution in [0.25, 0.3) is 0 Å². The summed E-state index contributed by atoms with van der Waals surface area (Å²) in [4.78, 5) is 18.7. The third-order valence-electron chi connectivity index (χ3n) is 4.36.